The summed E-state index contributed by atoms with van der Waals surface area (Å²) in [6, 6.07) is 0. The van der Waals surface area contributed by atoms with E-state index in [1.807, 2.05) is 24.8 Å². The highest BCUT2D eigenvalue weighted by atomic mass is 32.2. The van der Waals surface area contributed by atoms with Gasteiger partial charge in [0.15, 0.2) is 5.78 Å². The zero-order valence-corrected chi connectivity index (χ0v) is 15.1. The number of hydrogen-bond donors (Lipinski definition) is 0. The van der Waals surface area contributed by atoms with E-state index in [9.17, 15) is 4.79 Å². The van der Waals surface area contributed by atoms with E-state index >= 15 is 4.39 Å². The summed E-state index contributed by atoms with van der Waals surface area (Å²) >= 11 is 1.94. The van der Waals surface area contributed by atoms with E-state index in [-0.39, 0.29) is 11.7 Å². The minimum Gasteiger partial charge on any atom is -0.290 e. The summed E-state index contributed by atoms with van der Waals surface area (Å²) < 4.78 is 16.5. The van der Waals surface area contributed by atoms with E-state index in [4.69, 9.17) is 0 Å². The molecule has 4 aliphatic carbocycles. The molecule has 0 spiro atoms. The second kappa shape index (κ2) is 5.21. The minimum atomic E-state index is -1.16. The molecule has 0 radical (unpaired) electrons. The lowest BCUT2D eigenvalue weighted by Crippen LogP contribution is -2.60. The van der Waals surface area contributed by atoms with E-state index in [0.29, 0.717) is 17.8 Å². The fraction of sp³-hybridized carbons (Fsp3) is 0.750. The molecule has 5 atom stereocenters. The first-order valence-corrected chi connectivity index (χ1v) is 10.5. The summed E-state index contributed by atoms with van der Waals surface area (Å²) in [6.45, 7) is 2.05. The van der Waals surface area contributed by atoms with Gasteiger partial charge in [0.05, 0.1) is 0 Å². The van der Waals surface area contributed by atoms with Gasteiger partial charge in [0.2, 0.25) is 0 Å². The highest BCUT2D eigenvalue weighted by molar-refractivity contribution is 7.98. The zero-order chi connectivity index (χ0) is 16.3. The second-order valence-electron chi connectivity index (χ2n) is 8.41. The molecule has 4 aliphatic rings. The Morgan fingerprint density at radius 3 is 2.87 bits per heavy atom. The van der Waals surface area contributed by atoms with Gasteiger partial charge in [0.1, 0.15) is 5.67 Å². The van der Waals surface area contributed by atoms with Crippen LogP contribution in [0.3, 0.4) is 0 Å². The van der Waals surface area contributed by atoms with Crippen molar-refractivity contribution in [1.82, 2.24) is 0 Å². The Kier molecular flexibility index (Phi) is 3.61. The average Bonchev–Trinajstić information content (AvgIpc) is 2.93. The smallest absolute Gasteiger partial charge is 0.178 e. The largest absolute Gasteiger partial charge is 0.290 e. The SMILES string of the molecule is CSC[C@@]12CCC[C@H]1[C@@H]1CCC3=CC(=O)C=C[C@]3(C)[C@@]1(F)CC2. The van der Waals surface area contributed by atoms with Crippen molar-refractivity contribution in [2.45, 2.75) is 57.5 Å². The molecule has 0 aromatic rings. The van der Waals surface area contributed by atoms with Crippen molar-refractivity contribution in [3.8, 4) is 0 Å². The highest BCUT2D eigenvalue weighted by Gasteiger charge is 2.65. The van der Waals surface area contributed by atoms with Crippen LogP contribution in [0.1, 0.15) is 51.9 Å². The number of halogens is 1. The van der Waals surface area contributed by atoms with E-state index < -0.39 is 11.1 Å². The maximum absolute atomic E-state index is 16.5. The Morgan fingerprint density at radius 1 is 1.26 bits per heavy atom. The molecule has 0 unspecified atom stereocenters. The Hall–Kier alpha value is -0.570. The van der Waals surface area contributed by atoms with Crippen molar-refractivity contribution in [1.29, 1.82) is 0 Å². The maximum atomic E-state index is 16.5. The number of carbonyl (C=O) groups excluding carboxylic acids is 1. The Morgan fingerprint density at radius 2 is 2.09 bits per heavy atom. The number of fused-ring (bicyclic) bond motifs is 5. The molecule has 23 heavy (non-hydrogen) atoms. The van der Waals surface area contributed by atoms with Crippen LogP contribution in [0.25, 0.3) is 0 Å². The monoisotopic (exact) mass is 334 g/mol. The van der Waals surface area contributed by atoms with Crippen molar-refractivity contribution in [3.63, 3.8) is 0 Å². The van der Waals surface area contributed by atoms with Crippen LogP contribution in [0.15, 0.2) is 23.8 Å². The lowest BCUT2D eigenvalue weighted by atomic mass is 9.47. The van der Waals surface area contributed by atoms with Crippen LogP contribution in [-0.4, -0.2) is 23.5 Å². The molecule has 3 heteroatoms. The van der Waals surface area contributed by atoms with Crippen molar-refractivity contribution < 1.29 is 9.18 Å². The fourth-order valence-corrected chi connectivity index (χ4v) is 7.50. The van der Waals surface area contributed by atoms with Crippen molar-refractivity contribution in [3.05, 3.63) is 23.8 Å². The number of alkyl halides is 1. The van der Waals surface area contributed by atoms with Crippen LogP contribution in [0.4, 0.5) is 4.39 Å². The van der Waals surface area contributed by atoms with E-state index in [2.05, 4.69) is 6.26 Å². The molecular formula is C20H27FOS. The standard InChI is InChI=1S/C20H27FOS/c1-18-9-7-15(22)12-14(18)5-6-17-16-4-3-8-19(16,13-23-2)10-11-20(17,18)21/h7,9,12,16-17H,3-6,8,10-11,13H2,1-2H3/t16-,17-,18-,19-,20+/m0/s1. The Balaban J connectivity index is 1.74. The summed E-state index contributed by atoms with van der Waals surface area (Å²) in [5, 5.41) is 0. The molecule has 4 rings (SSSR count). The van der Waals surface area contributed by atoms with Gasteiger partial charge in [-0.05, 0) is 86.9 Å². The van der Waals surface area contributed by atoms with Crippen molar-refractivity contribution in [2.75, 3.05) is 12.0 Å². The summed E-state index contributed by atoms with van der Waals surface area (Å²) in [5.41, 5.74) is -0.298. The van der Waals surface area contributed by atoms with Gasteiger partial charge in [-0.2, -0.15) is 11.8 Å². The summed E-state index contributed by atoms with van der Waals surface area (Å²) in [4.78, 5) is 11.8. The first-order chi connectivity index (χ1) is 11.0. The molecule has 3 saturated carbocycles. The topological polar surface area (TPSA) is 17.1 Å². The number of carbonyl (C=O) groups is 1. The molecule has 0 heterocycles. The van der Waals surface area contributed by atoms with E-state index in [1.165, 1.54) is 25.0 Å². The summed E-state index contributed by atoms with van der Waals surface area (Å²) in [5.74, 6) is 1.94. The molecule has 0 aliphatic heterocycles. The Labute approximate surface area is 143 Å². The highest BCUT2D eigenvalue weighted by Crippen LogP contribution is 2.68. The summed E-state index contributed by atoms with van der Waals surface area (Å²) in [7, 11) is 0. The lowest BCUT2D eigenvalue weighted by molar-refractivity contribution is -0.120. The third kappa shape index (κ3) is 2.01. The minimum absolute atomic E-state index is 0.0351. The zero-order valence-electron chi connectivity index (χ0n) is 14.2. The number of ketones is 1. The first kappa shape index (κ1) is 15.9. The van der Waals surface area contributed by atoms with Gasteiger partial charge < -0.3 is 0 Å². The van der Waals surface area contributed by atoms with Crippen LogP contribution in [-0.2, 0) is 4.79 Å². The van der Waals surface area contributed by atoms with Gasteiger partial charge in [-0.1, -0.05) is 18.1 Å². The van der Waals surface area contributed by atoms with Crippen molar-refractivity contribution >= 4 is 17.5 Å². The molecule has 0 bridgehead atoms. The Bertz CT molecular complexity index is 596. The number of rotatable bonds is 2. The first-order valence-electron chi connectivity index (χ1n) is 9.07. The predicted molar refractivity (Wildman–Crippen MR) is 94.3 cm³/mol. The third-order valence-corrected chi connectivity index (χ3v) is 8.48. The van der Waals surface area contributed by atoms with Gasteiger partial charge in [-0.3, -0.25) is 4.79 Å². The van der Waals surface area contributed by atoms with Crippen LogP contribution < -0.4 is 0 Å². The van der Waals surface area contributed by atoms with Crippen LogP contribution in [0.2, 0.25) is 0 Å². The number of allylic oxidation sites excluding steroid dienone is 4. The van der Waals surface area contributed by atoms with Gasteiger partial charge in [0.25, 0.3) is 0 Å². The average molecular weight is 335 g/mol. The van der Waals surface area contributed by atoms with Crippen molar-refractivity contribution in [2.24, 2.45) is 22.7 Å². The van der Waals surface area contributed by atoms with Crippen LogP contribution in [0, 0.1) is 22.7 Å². The van der Waals surface area contributed by atoms with Gasteiger partial charge in [0, 0.05) is 5.41 Å². The number of hydrogen-bond acceptors (Lipinski definition) is 2. The van der Waals surface area contributed by atoms with Gasteiger partial charge in [-0.15, -0.1) is 0 Å². The molecule has 3 fully saturated rings. The summed E-state index contributed by atoms with van der Waals surface area (Å²) in [6.07, 6.45) is 14.7. The lowest BCUT2D eigenvalue weighted by Gasteiger charge is -2.60. The molecule has 0 N–H and O–H groups in total. The molecular weight excluding hydrogens is 307 g/mol. The number of thioether (sulfide) groups is 1. The van der Waals surface area contributed by atoms with Gasteiger partial charge in [-0.25, -0.2) is 4.39 Å². The van der Waals surface area contributed by atoms with Gasteiger partial charge >= 0.3 is 0 Å². The quantitative estimate of drug-likeness (QED) is 0.697. The molecule has 0 saturated heterocycles. The van der Waals surface area contributed by atoms with E-state index in [0.717, 1.165) is 24.8 Å². The molecule has 0 aromatic carbocycles. The normalized spacial score (nSPS) is 48.5. The van der Waals surface area contributed by atoms with Crippen LogP contribution in [0.5, 0.6) is 0 Å². The predicted octanol–water partition coefficient (Wildman–Crippen LogP) is 5.12. The maximum Gasteiger partial charge on any atom is 0.178 e. The third-order valence-electron chi connectivity index (χ3n) is 7.62. The molecule has 126 valence electrons. The molecule has 0 amide bonds. The fourth-order valence-electron chi connectivity index (χ4n) is 6.43. The van der Waals surface area contributed by atoms with E-state index in [1.54, 1.807) is 12.2 Å². The molecule has 0 aromatic heterocycles. The van der Waals surface area contributed by atoms with Crippen LogP contribution >= 0.6 is 11.8 Å². The second-order valence-corrected chi connectivity index (χ2v) is 9.28. The molecule has 1 nitrogen and oxygen atoms in total.